The Morgan fingerprint density at radius 2 is 2.11 bits per heavy atom. The van der Waals surface area contributed by atoms with Gasteiger partial charge in [0.25, 0.3) is 0 Å². The van der Waals surface area contributed by atoms with Gasteiger partial charge in [-0.05, 0) is 24.7 Å². The Bertz CT molecular complexity index is 318. The summed E-state index contributed by atoms with van der Waals surface area (Å²) in [5.74, 6) is -0.147. The molecule has 1 aliphatic heterocycles. The number of hydrogen-bond donors (Lipinski definition) is 2. The number of urea groups is 1. The van der Waals surface area contributed by atoms with Crippen LogP contribution in [0.4, 0.5) is 4.79 Å². The number of rotatable bonds is 6. The highest BCUT2D eigenvalue weighted by Crippen LogP contribution is 2.21. The molecule has 110 valence electrons. The van der Waals surface area contributed by atoms with Gasteiger partial charge in [-0.15, -0.1) is 0 Å². The number of likely N-dealkylation sites (tertiary alicyclic amines) is 1. The first-order valence-electron chi connectivity index (χ1n) is 7.21. The van der Waals surface area contributed by atoms with Crippen molar-refractivity contribution < 1.29 is 14.7 Å². The molecule has 1 fully saturated rings. The van der Waals surface area contributed by atoms with Crippen LogP contribution in [0.25, 0.3) is 0 Å². The van der Waals surface area contributed by atoms with Crippen molar-refractivity contribution in [2.45, 2.75) is 52.5 Å². The lowest BCUT2D eigenvalue weighted by atomic mass is 10.0. The Labute approximate surface area is 115 Å². The fraction of sp³-hybridized carbons (Fsp3) is 0.857. The third kappa shape index (κ3) is 5.09. The summed E-state index contributed by atoms with van der Waals surface area (Å²) < 4.78 is 0. The predicted octanol–water partition coefficient (Wildman–Crippen LogP) is 2.32. The molecule has 19 heavy (non-hydrogen) atoms. The summed E-state index contributed by atoms with van der Waals surface area (Å²) >= 11 is 0. The van der Waals surface area contributed by atoms with E-state index >= 15 is 0 Å². The molecule has 0 bridgehead atoms. The Hall–Kier alpha value is -1.26. The van der Waals surface area contributed by atoms with E-state index in [0.717, 1.165) is 32.4 Å². The second-order valence-corrected chi connectivity index (χ2v) is 5.79. The molecule has 5 nitrogen and oxygen atoms in total. The Morgan fingerprint density at radius 1 is 1.42 bits per heavy atom. The molecule has 0 aliphatic carbocycles. The van der Waals surface area contributed by atoms with Crippen molar-refractivity contribution in [2.75, 3.05) is 13.1 Å². The van der Waals surface area contributed by atoms with Gasteiger partial charge < -0.3 is 15.3 Å². The molecule has 1 saturated heterocycles. The van der Waals surface area contributed by atoms with E-state index in [2.05, 4.69) is 12.2 Å². The molecule has 1 rings (SSSR count). The van der Waals surface area contributed by atoms with E-state index in [9.17, 15) is 9.59 Å². The van der Waals surface area contributed by atoms with E-state index in [-0.39, 0.29) is 24.4 Å². The van der Waals surface area contributed by atoms with Gasteiger partial charge in [0.15, 0.2) is 0 Å². The molecular formula is C14H26N2O3. The summed E-state index contributed by atoms with van der Waals surface area (Å²) in [7, 11) is 0. The van der Waals surface area contributed by atoms with E-state index in [1.54, 1.807) is 0 Å². The largest absolute Gasteiger partial charge is 0.481 e. The van der Waals surface area contributed by atoms with Crippen LogP contribution >= 0.6 is 0 Å². The molecule has 0 saturated carbocycles. The first kappa shape index (κ1) is 15.8. The predicted molar refractivity (Wildman–Crippen MR) is 74.0 cm³/mol. The zero-order valence-electron chi connectivity index (χ0n) is 12.2. The minimum atomic E-state index is -0.871. The third-order valence-corrected chi connectivity index (χ3v) is 3.78. The fourth-order valence-electron chi connectivity index (χ4n) is 2.55. The van der Waals surface area contributed by atoms with E-state index in [1.807, 2.05) is 18.7 Å². The topological polar surface area (TPSA) is 69.6 Å². The maximum absolute atomic E-state index is 12.1. The normalized spacial score (nSPS) is 20.6. The average molecular weight is 270 g/mol. The summed E-state index contributed by atoms with van der Waals surface area (Å²) in [5, 5.41) is 11.7. The second kappa shape index (κ2) is 7.36. The summed E-state index contributed by atoms with van der Waals surface area (Å²) in [6, 6.07) is -0.409. The van der Waals surface area contributed by atoms with Crippen LogP contribution in [-0.4, -0.2) is 41.1 Å². The van der Waals surface area contributed by atoms with Crippen molar-refractivity contribution in [3.63, 3.8) is 0 Å². The van der Waals surface area contributed by atoms with Gasteiger partial charge in [-0.25, -0.2) is 4.79 Å². The molecule has 1 heterocycles. The number of nitrogens with zero attached hydrogens (tertiary/aromatic N) is 1. The van der Waals surface area contributed by atoms with Gasteiger partial charge in [0.05, 0.1) is 6.42 Å². The first-order chi connectivity index (χ1) is 8.93. The molecule has 2 N–H and O–H groups in total. The molecule has 0 aromatic heterocycles. The number of hydrogen-bond acceptors (Lipinski definition) is 2. The molecule has 2 unspecified atom stereocenters. The van der Waals surface area contributed by atoms with Crippen molar-refractivity contribution in [2.24, 2.45) is 11.8 Å². The van der Waals surface area contributed by atoms with Gasteiger partial charge in [-0.3, -0.25) is 4.79 Å². The monoisotopic (exact) mass is 270 g/mol. The van der Waals surface area contributed by atoms with Crippen LogP contribution in [-0.2, 0) is 4.79 Å². The standard InChI is InChI=1S/C14H26N2O3/c1-4-5-11-6-7-16(9-11)14(19)15-12(10(2)3)8-13(17)18/h10-12H,4-9H2,1-3H3,(H,15,19)(H,17,18). The van der Waals surface area contributed by atoms with Crippen molar-refractivity contribution in [1.29, 1.82) is 0 Å². The van der Waals surface area contributed by atoms with Crippen molar-refractivity contribution in [3.05, 3.63) is 0 Å². The molecule has 0 radical (unpaired) electrons. The van der Waals surface area contributed by atoms with Gasteiger partial charge in [-0.1, -0.05) is 27.2 Å². The Morgan fingerprint density at radius 3 is 2.63 bits per heavy atom. The minimum Gasteiger partial charge on any atom is -0.481 e. The van der Waals surface area contributed by atoms with Gasteiger partial charge in [0, 0.05) is 19.1 Å². The Kier molecular flexibility index (Phi) is 6.12. The highest BCUT2D eigenvalue weighted by molar-refractivity contribution is 5.76. The summed E-state index contributed by atoms with van der Waals surface area (Å²) in [4.78, 5) is 24.7. The van der Waals surface area contributed by atoms with E-state index in [1.165, 1.54) is 0 Å². The summed E-state index contributed by atoms with van der Waals surface area (Å²) in [6.45, 7) is 7.60. The zero-order chi connectivity index (χ0) is 14.4. The average Bonchev–Trinajstić information content (AvgIpc) is 2.76. The van der Waals surface area contributed by atoms with E-state index in [4.69, 9.17) is 5.11 Å². The lowest BCUT2D eigenvalue weighted by Crippen LogP contribution is -2.46. The number of nitrogens with one attached hydrogen (secondary N) is 1. The second-order valence-electron chi connectivity index (χ2n) is 5.79. The van der Waals surface area contributed by atoms with Crippen molar-refractivity contribution in [3.8, 4) is 0 Å². The lowest BCUT2D eigenvalue weighted by Gasteiger charge is -2.25. The first-order valence-corrected chi connectivity index (χ1v) is 7.21. The molecule has 0 aromatic carbocycles. The fourth-order valence-corrected chi connectivity index (χ4v) is 2.55. The van der Waals surface area contributed by atoms with Crippen LogP contribution in [0.2, 0.25) is 0 Å². The van der Waals surface area contributed by atoms with E-state index < -0.39 is 5.97 Å². The number of carbonyl (C=O) groups excluding carboxylic acids is 1. The summed E-state index contributed by atoms with van der Waals surface area (Å²) in [5.41, 5.74) is 0. The van der Waals surface area contributed by atoms with Crippen molar-refractivity contribution >= 4 is 12.0 Å². The Balaban J connectivity index is 2.46. The SMILES string of the molecule is CCCC1CCN(C(=O)NC(CC(=O)O)C(C)C)C1. The third-order valence-electron chi connectivity index (χ3n) is 3.78. The number of carbonyl (C=O) groups is 2. The molecular weight excluding hydrogens is 244 g/mol. The minimum absolute atomic E-state index is 0.0182. The number of aliphatic carboxylic acids is 1. The molecule has 0 aromatic rings. The quantitative estimate of drug-likeness (QED) is 0.778. The highest BCUT2D eigenvalue weighted by atomic mass is 16.4. The smallest absolute Gasteiger partial charge is 0.317 e. The molecule has 0 spiro atoms. The summed E-state index contributed by atoms with van der Waals surface area (Å²) in [6.07, 6.45) is 3.35. The number of amides is 2. The van der Waals surface area contributed by atoms with Gasteiger partial charge in [0.2, 0.25) is 0 Å². The van der Waals surface area contributed by atoms with Crippen LogP contribution in [0.1, 0.15) is 46.5 Å². The van der Waals surface area contributed by atoms with Crippen LogP contribution < -0.4 is 5.32 Å². The van der Waals surface area contributed by atoms with Gasteiger partial charge in [0.1, 0.15) is 0 Å². The van der Waals surface area contributed by atoms with Crippen LogP contribution in [0, 0.1) is 11.8 Å². The van der Waals surface area contributed by atoms with Gasteiger partial charge >= 0.3 is 12.0 Å². The number of carboxylic acids is 1. The molecule has 2 amide bonds. The van der Waals surface area contributed by atoms with Crippen LogP contribution in [0.3, 0.4) is 0 Å². The molecule has 5 heteroatoms. The number of carboxylic acid groups (broad SMARTS) is 1. The van der Waals surface area contributed by atoms with Crippen LogP contribution in [0.15, 0.2) is 0 Å². The van der Waals surface area contributed by atoms with E-state index in [0.29, 0.717) is 5.92 Å². The maximum Gasteiger partial charge on any atom is 0.317 e. The maximum atomic E-state index is 12.1. The zero-order valence-corrected chi connectivity index (χ0v) is 12.2. The molecule has 2 atom stereocenters. The lowest BCUT2D eigenvalue weighted by molar-refractivity contribution is -0.137. The highest BCUT2D eigenvalue weighted by Gasteiger charge is 2.28. The van der Waals surface area contributed by atoms with Gasteiger partial charge in [-0.2, -0.15) is 0 Å². The van der Waals surface area contributed by atoms with Crippen LogP contribution in [0.5, 0.6) is 0 Å². The molecule has 1 aliphatic rings. The van der Waals surface area contributed by atoms with Crippen molar-refractivity contribution in [1.82, 2.24) is 10.2 Å².